The standard InChI is InChI=1S/C10H16FN5/c1-6-3-2-4-8(6)14-9-7(11)5-13-10(15-9)16-12/h5-6,8H,2-4,12H2,1H3,(H2,13,14,15,16). The molecule has 0 amide bonds. The highest BCUT2D eigenvalue weighted by atomic mass is 19.1. The van der Waals surface area contributed by atoms with Gasteiger partial charge in [-0.15, -0.1) is 0 Å². The van der Waals surface area contributed by atoms with Crippen molar-refractivity contribution in [2.24, 2.45) is 11.8 Å². The third-order valence-electron chi connectivity index (χ3n) is 3.06. The number of nitrogens with two attached hydrogens (primary N) is 1. The van der Waals surface area contributed by atoms with Gasteiger partial charge in [-0.05, 0) is 18.8 Å². The summed E-state index contributed by atoms with van der Waals surface area (Å²) < 4.78 is 13.4. The highest BCUT2D eigenvalue weighted by Gasteiger charge is 2.24. The number of anilines is 2. The summed E-state index contributed by atoms with van der Waals surface area (Å²) in [6.07, 6.45) is 4.51. The number of aromatic nitrogens is 2. The molecule has 16 heavy (non-hydrogen) atoms. The molecule has 1 aromatic heterocycles. The fourth-order valence-electron chi connectivity index (χ4n) is 2.07. The Kier molecular flexibility index (Phi) is 3.19. The summed E-state index contributed by atoms with van der Waals surface area (Å²) in [7, 11) is 0. The molecule has 0 aromatic carbocycles. The Balaban J connectivity index is 2.13. The molecule has 2 rings (SSSR count). The van der Waals surface area contributed by atoms with Gasteiger partial charge < -0.3 is 5.32 Å². The Morgan fingerprint density at radius 2 is 2.31 bits per heavy atom. The van der Waals surface area contributed by atoms with E-state index in [2.05, 4.69) is 27.6 Å². The Morgan fingerprint density at radius 3 is 2.94 bits per heavy atom. The van der Waals surface area contributed by atoms with Crippen LogP contribution in [0.4, 0.5) is 16.2 Å². The maximum absolute atomic E-state index is 13.4. The monoisotopic (exact) mass is 225 g/mol. The van der Waals surface area contributed by atoms with E-state index >= 15 is 0 Å². The molecule has 2 atom stereocenters. The summed E-state index contributed by atoms with van der Waals surface area (Å²) in [4.78, 5) is 7.64. The van der Waals surface area contributed by atoms with E-state index in [1.54, 1.807) is 0 Å². The van der Waals surface area contributed by atoms with Crippen molar-refractivity contribution in [3.05, 3.63) is 12.0 Å². The number of rotatable bonds is 3. The Labute approximate surface area is 93.6 Å². The Hall–Kier alpha value is -1.43. The van der Waals surface area contributed by atoms with Gasteiger partial charge in [0.1, 0.15) is 0 Å². The zero-order valence-corrected chi connectivity index (χ0v) is 9.20. The number of halogens is 1. The van der Waals surface area contributed by atoms with E-state index in [1.165, 1.54) is 12.8 Å². The lowest BCUT2D eigenvalue weighted by Gasteiger charge is -2.18. The van der Waals surface area contributed by atoms with Gasteiger partial charge in [0.25, 0.3) is 0 Å². The predicted molar refractivity (Wildman–Crippen MR) is 60.2 cm³/mol. The second kappa shape index (κ2) is 4.61. The van der Waals surface area contributed by atoms with Crippen LogP contribution >= 0.6 is 0 Å². The molecule has 0 radical (unpaired) electrons. The number of nitrogens with zero attached hydrogens (tertiary/aromatic N) is 2. The van der Waals surface area contributed by atoms with Gasteiger partial charge >= 0.3 is 0 Å². The molecule has 88 valence electrons. The lowest BCUT2D eigenvalue weighted by atomic mass is 10.1. The molecule has 5 nitrogen and oxygen atoms in total. The van der Waals surface area contributed by atoms with E-state index in [0.29, 0.717) is 5.92 Å². The molecular weight excluding hydrogens is 209 g/mol. The number of hydrogen-bond acceptors (Lipinski definition) is 5. The summed E-state index contributed by atoms with van der Waals surface area (Å²) in [5.41, 5.74) is 2.30. The summed E-state index contributed by atoms with van der Waals surface area (Å²) in [6.45, 7) is 2.16. The van der Waals surface area contributed by atoms with Crippen molar-refractivity contribution >= 4 is 11.8 Å². The average Bonchev–Trinajstić information content (AvgIpc) is 2.68. The normalized spacial score (nSPS) is 24.4. The van der Waals surface area contributed by atoms with Gasteiger partial charge in [0.15, 0.2) is 11.6 Å². The van der Waals surface area contributed by atoms with Crippen molar-refractivity contribution in [1.29, 1.82) is 0 Å². The summed E-state index contributed by atoms with van der Waals surface area (Å²) >= 11 is 0. The second-order valence-corrected chi connectivity index (χ2v) is 4.19. The highest BCUT2D eigenvalue weighted by Crippen LogP contribution is 2.28. The highest BCUT2D eigenvalue weighted by molar-refractivity contribution is 5.41. The molecule has 0 spiro atoms. The largest absolute Gasteiger partial charge is 0.364 e. The fourth-order valence-corrected chi connectivity index (χ4v) is 2.07. The lowest BCUT2D eigenvalue weighted by Crippen LogP contribution is -2.24. The van der Waals surface area contributed by atoms with Gasteiger partial charge in [-0.3, -0.25) is 5.43 Å². The van der Waals surface area contributed by atoms with E-state index in [1.807, 2.05) is 0 Å². The molecular formula is C10H16FN5. The lowest BCUT2D eigenvalue weighted by molar-refractivity contribution is 0.545. The number of hydrogen-bond donors (Lipinski definition) is 3. The van der Waals surface area contributed by atoms with E-state index in [0.717, 1.165) is 12.6 Å². The molecule has 2 unspecified atom stereocenters. The zero-order chi connectivity index (χ0) is 11.5. The van der Waals surface area contributed by atoms with Crippen LogP contribution in [-0.2, 0) is 0 Å². The van der Waals surface area contributed by atoms with Crippen LogP contribution in [0.15, 0.2) is 6.20 Å². The van der Waals surface area contributed by atoms with Gasteiger partial charge in [-0.1, -0.05) is 13.3 Å². The van der Waals surface area contributed by atoms with Crippen LogP contribution in [0.1, 0.15) is 26.2 Å². The molecule has 0 aliphatic heterocycles. The molecule has 1 saturated carbocycles. The quantitative estimate of drug-likeness (QED) is 0.537. The summed E-state index contributed by atoms with van der Waals surface area (Å²) in [5, 5.41) is 3.11. The first-order valence-corrected chi connectivity index (χ1v) is 5.46. The van der Waals surface area contributed by atoms with Crippen LogP contribution in [0.3, 0.4) is 0 Å². The molecule has 6 heteroatoms. The minimum atomic E-state index is -0.446. The van der Waals surface area contributed by atoms with Gasteiger partial charge in [0, 0.05) is 6.04 Å². The van der Waals surface area contributed by atoms with Crippen LogP contribution in [-0.4, -0.2) is 16.0 Å². The molecule has 1 aromatic rings. The first-order valence-electron chi connectivity index (χ1n) is 5.46. The molecule has 0 saturated heterocycles. The minimum Gasteiger partial charge on any atom is -0.364 e. The van der Waals surface area contributed by atoms with Crippen LogP contribution in [0.25, 0.3) is 0 Å². The molecule has 1 fully saturated rings. The van der Waals surface area contributed by atoms with Crippen molar-refractivity contribution in [3.8, 4) is 0 Å². The molecule has 4 N–H and O–H groups in total. The fraction of sp³-hybridized carbons (Fsp3) is 0.600. The minimum absolute atomic E-state index is 0.217. The second-order valence-electron chi connectivity index (χ2n) is 4.19. The van der Waals surface area contributed by atoms with Crippen molar-refractivity contribution in [2.75, 3.05) is 10.7 Å². The van der Waals surface area contributed by atoms with Crippen molar-refractivity contribution in [3.63, 3.8) is 0 Å². The summed E-state index contributed by atoms with van der Waals surface area (Å²) in [6, 6.07) is 0.287. The number of nitrogen functional groups attached to an aromatic ring is 1. The van der Waals surface area contributed by atoms with Crippen molar-refractivity contribution in [1.82, 2.24) is 9.97 Å². The molecule has 1 aliphatic rings. The van der Waals surface area contributed by atoms with E-state index in [4.69, 9.17) is 5.84 Å². The van der Waals surface area contributed by atoms with Crippen LogP contribution in [0.5, 0.6) is 0 Å². The number of hydrazine groups is 1. The van der Waals surface area contributed by atoms with E-state index in [9.17, 15) is 4.39 Å². The van der Waals surface area contributed by atoms with Crippen molar-refractivity contribution in [2.45, 2.75) is 32.2 Å². The van der Waals surface area contributed by atoms with Gasteiger partial charge in [-0.2, -0.15) is 4.98 Å². The van der Waals surface area contributed by atoms with E-state index < -0.39 is 5.82 Å². The van der Waals surface area contributed by atoms with Gasteiger partial charge in [0.05, 0.1) is 6.20 Å². The summed E-state index contributed by atoms with van der Waals surface area (Å²) in [5.74, 6) is 5.72. The van der Waals surface area contributed by atoms with E-state index in [-0.39, 0.29) is 17.8 Å². The van der Waals surface area contributed by atoms with Gasteiger partial charge in [0.2, 0.25) is 5.95 Å². The first kappa shape index (κ1) is 11.1. The molecule has 0 bridgehead atoms. The molecule has 1 aliphatic carbocycles. The van der Waals surface area contributed by atoms with Crippen LogP contribution < -0.4 is 16.6 Å². The Bertz CT molecular complexity index is 370. The maximum atomic E-state index is 13.4. The van der Waals surface area contributed by atoms with Crippen LogP contribution in [0, 0.1) is 11.7 Å². The average molecular weight is 225 g/mol. The Morgan fingerprint density at radius 1 is 1.50 bits per heavy atom. The first-order chi connectivity index (χ1) is 7.70. The molecule has 1 heterocycles. The van der Waals surface area contributed by atoms with Gasteiger partial charge in [-0.25, -0.2) is 15.2 Å². The SMILES string of the molecule is CC1CCCC1Nc1nc(NN)ncc1F. The smallest absolute Gasteiger partial charge is 0.239 e. The maximum Gasteiger partial charge on any atom is 0.239 e. The predicted octanol–water partition coefficient (Wildman–Crippen LogP) is 1.50. The van der Waals surface area contributed by atoms with Crippen molar-refractivity contribution < 1.29 is 4.39 Å². The van der Waals surface area contributed by atoms with Crippen LogP contribution in [0.2, 0.25) is 0 Å². The third kappa shape index (κ3) is 2.21. The number of nitrogens with one attached hydrogen (secondary N) is 2. The third-order valence-corrected chi connectivity index (χ3v) is 3.06. The topological polar surface area (TPSA) is 75.9 Å². The zero-order valence-electron chi connectivity index (χ0n) is 9.20.